The fourth-order valence-corrected chi connectivity index (χ4v) is 3.92. The Kier molecular flexibility index (Phi) is 2.48. The number of rotatable bonds is 0. The van der Waals surface area contributed by atoms with E-state index in [4.69, 9.17) is 0 Å². The van der Waals surface area contributed by atoms with Crippen LogP contribution < -0.4 is 0 Å². The number of fused-ring (bicyclic) bond motifs is 4. The molecule has 0 atom stereocenters. The second-order valence-corrected chi connectivity index (χ2v) is 6.22. The molecule has 3 aromatic carbocycles. The lowest BCUT2D eigenvalue weighted by atomic mass is 10.0. The molecule has 2 N–H and O–H groups in total. The van der Waals surface area contributed by atoms with Gasteiger partial charge in [0.15, 0.2) is 0 Å². The molecule has 0 saturated heterocycles. The van der Waals surface area contributed by atoms with Crippen LogP contribution in [0.15, 0.2) is 42.5 Å². The van der Waals surface area contributed by atoms with Gasteiger partial charge in [-0.25, -0.2) is 0 Å². The van der Waals surface area contributed by atoms with Crippen LogP contribution in [0.5, 0.6) is 11.5 Å². The van der Waals surface area contributed by atoms with E-state index in [2.05, 4.69) is 28.7 Å². The molecule has 0 radical (unpaired) electrons. The Balaban J connectivity index is 2.07. The summed E-state index contributed by atoms with van der Waals surface area (Å²) in [6, 6.07) is 13.2. The van der Waals surface area contributed by atoms with Crippen LogP contribution in [0.25, 0.3) is 21.9 Å². The van der Waals surface area contributed by atoms with E-state index < -0.39 is 0 Å². The monoisotopic (exact) mass is 374 g/mol. The van der Waals surface area contributed by atoms with Crippen molar-refractivity contribution in [2.24, 2.45) is 0 Å². The predicted octanol–water partition coefficient (Wildman–Crippen LogP) is 4.43. The lowest BCUT2D eigenvalue weighted by molar-refractivity contribution is 0.474. The van der Waals surface area contributed by atoms with E-state index in [9.17, 15) is 10.2 Å². The van der Waals surface area contributed by atoms with Gasteiger partial charge in [0.1, 0.15) is 11.5 Å². The largest absolute Gasteiger partial charge is 0.508 e. The fraction of sp³-hybridized carbons (Fsp3) is 0.0588. The van der Waals surface area contributed by atoms with Gasteiger partial charge in [0.2, 0.25) is 0 Å². The third kappa shape index (κ3) is 1.62. The fourth-order valence-electron chi connectivity index (χ4n) is 2.98. The van der Waals surface area contributed by atoms with Gasteiger partial charge in [-0.15, -0.1) is 0 Å². The Bertz CT molecular complexity index is 868. The first-order chi connectivity index (χ1) is 9.63. The van der Waals surface area contributed by atoms with Crippen molar-refractivity contribution in [2.45, 2.75) is 6.42 Å². The Hall–Kier alpha value is -1.75. The molecule has 0 heterocycles. The third-order valence-corrected chi connectivity index (χ3v) is 5.14. The zero-order valence-corrected chi connectivity index (χ0v) is 12.7. The Labute approximate surface area is 129 Å². The first-order valence-corrected chi connectivity index (χ1v) is 7.48. The van der Waals surface area contributed by atoms with Crippen LogP contribution in [0.1, 0.15) is 11.1 Å². The SMILES string of the molecule is Oc1ccc2c(c1)Cc1c-2cc2ccc(O)cc2c1I. The van der Waals surface area contributed by atoms with Crippen LogP contribution >= 0.6 is 22.6 Å². The van der Waals surface area contributed by atoms with Crippen LogP contribution in [0.2, 0.25) is 0 Å². The zero-order valence-electron chi connectivity index (χ0n) is 10.5. The first kappa shape index (κ1) is 12.0. The van der Waals surface area contributed by atoms with Crippen molar-refractivity contribution < 1.29 is 10.2 Å². The summed E-state index contributed by atoms with van der Waals surface area (Å²) in [6.07, 6.45) is 0.836. The Morgan fingerprint density at radius 1 is 0.850 bits per heavy atom. The van der Waals surface area contributed by atoms with Gasteiger partial charge >= 0.3 is 0 Å². The van der Waals surface area contributed by atoms with Gasteiger partial charge in [-0.3, -0.25) is 0 Å². The normalized spacial score (nSPS) is 12.4. The minimum atomic E-state index is 0.295. The highest BCUT2D eigenvalue weighted by Gasteiger charge is 2.22. The maximum atomic E-state index is 9.68. The highest BCUT2D eigenvalue weighted by atomic mass is 127. The average molecular weight is 374 g/mol. The van der Waals surface area contributed by atoms with Crippen molar-refractivity contribution in [1.29, 1.82) is 0 Å². The number of phenolic OH excluding ortho intramolecular Hbond substituents is 2. The number of hydrogen-bond donors (Lipinski definition) is 2. The molecule has 1 aliphatic rings. The lowest BCUT2D eigenvalue weighted by Gasteiger charge is -2.08. The van der Waals surface area contributed by atoms with Crippen molar-refractivity contribution in [2.75, 3.05) is 0 Å². The Morgan fingerprint density at radius 3 is 2.45 bits per heavy atom. The zero-order chi connectivity index (χ0) is 13.9. The maximum Gasteiger partial charge on any atom is 0.116 e. The third-order valence-electron chi connectivity index (χ3n) is 3.91. The summed E-state index contributed by atoms with van der Waals surface area (Å²) in [5, 5.41) is 21.5. The van der Waals surface area contributed by atoms with Gasteiger partial charge in [0.05, 0.1) is 0 Å². The number of aromatic hydroxyl groups is 2. The summed E-state index contributed by atoms with van der Waals surface area (Å²) in [4.78, 5) is 0. The minimum Gasteiger partial charge on any atom is -0.508 e. The average Bonchev–Trinajstić information content (AvgIpc) is 2.78. The molecule has 3 aromatic rings. The lowest BCUT2D eigenvalue weighted by Crippen LogP contribution is -1.88. The molecule has 98 valence electrons. The Morgan fingerprint density at radius 2 is 1.60 bits per heavy atom. The maximum absolute atomic E-state index is 9.68. The summed E-state index contributed by atoms with van der Waals surface area (Å²) in [6.45, 7) is 0. The van der Waals surface area contributed by atoms with Crippen molar-refractivity contribution >= 4 is 33.4 Å². The summed E-state index contributed by atoms with van der Waals surface area (Å²) in [5.41, 5.74) is 4.88. The molecule has 2 nitrogen and oxygen atoms in total. The molecule has 0 bridgehead atoms. The number of hydrogen-bond acceptors (Lipinski definition) is 2. The molecule has 0 spiro atoms. The van der Waals surface area contributed by atoms with E-state index in [0.29, 0.717) is 11.5 Å². The van der Waals surface area contributed by atoms with E-state index in [1.54, 1.807) is 12.1 Å². The van der Waals surface area contributed by atoms with Gasteiger partial charge < -0.3 is 10.2 Å². The van der Waals surface area contributed by atoms with Gasteiger partial charge in [-0.2, -0.15) is 0 Å². The molecular weight excluding hydrogens is 363 g/mol. The molecule has 0 aliphatic heterocycles. The molecule has 4 rings (SSSR count). The van der Waals surface area contributed by atoms with Gasteiger partial charge in [0, 0.05) is 3.57 Å². The molecule has 0 amide bonds. The van der Waals surface area contributed by atoms with Crippen LogP contribution in [-0.4, -0.2) is 10.2 Å². The smallest absolute Gasteiger partial charge is 0.116 e. The van der Waals surface area contributed by atoms with Gasteiger partial charge in [-0.1, -0.05) is 12.1 Å². The highest BCUT2D eigenvalue weighted by Crippen LogP contribution is 2.43. The summed E-state index contributed by atoms with van der Waals surface area (Å²) in [5.74, 6) is 0.609. The molecule has 3 heteroatoms. The van der Waals surface area contributed by atoms with Crippen molar-refractivity contribution in [3.05, 3.63) is 57.2 Å². The minimum absolute atomic E-state index is 0.295. The van der Waals surface area contributed by atoms with Crippen LogP contribution in [-0.2, 0) is 6.42 Å². The van der Waals surface area contributed by atoms with Crippen LogP contribution in [0.4, 0.5) is 0 Å². The quantitative estimate of drug-likeness (QED) is 0.447. The number of benzene rings is 3. The van der Waals surface area contributed by atoms with Gasteiger partial charge in [-0.05, 0) is 92.4 Å². The molecule has 0 aromatic heterocycles. The van der Waals surface area contributed by atoms with E-state index in [-0.39, 0.29) is 0 Å². The molecule has 0 fully saturated rings. The van der Waals surface area contributed by atoms with E-state index >= 15 is 0 Å². The van der Waals surface area contributed by atoms with E-state index in [0.717, 1.165) is 22.8 Å². The molecule has 1 aliphatic carbocycles. The standard InChI is InChI=1S/C17H11IO2/c18-17-14-8-12(20)2-1-9(14)6-15-13-4-3-11(19)5-10(13)7-16(15)17/h1-6,8,19-20H,7H2. The second-order valence-electron chi connectivity index (χ2n) is 5.14. The van der Waals surface area contributed by atoms with E-state index in [1.165, 1.54) is 20.3 Å². The topological polar surface area (TPSA) is 40.5 Å². The second kappa shape index (κ2) is 4.12. The first-order valence-electron chi connectivity index (χ1n) is 6.40. The molecule has 0 saturated carbocycles. The summed E-state index contributed by atoms with van der Waals surface area (Å²) < 4.78 is 1.18. The van der Waals surface area contributed by atoms with E-state index in [1.807, 2.05) is 24.3 Å². The van der Waals surface area contributed by atoms with Crippen LogP contribution in [0, 0.1) is 3.57 Å². The highest BCUT2D eigenvalue weighted by molar-refractivity contribution is 14.1. The van der Waals surface area contributed by atoms with Crippen LogP contribution in [0.3, 0.4) is 0 Å². The summed E-state index contributed by atoms with van der Waals surface area (Å²) >= 11 is 2.35. The number of halogens is 1. The van der Waals surface area contributed by atoms with Crippen molar-refractivity contribution in [1.82, 2.24) is 0 Å². The molecule has 0 unspecified atom stereocenters. The number of phenols is 2. The van der Waals surface area contributed by atoms with Crippen molar-refractivity contribution in [3.63, 3.8) is 0 Å². The molecule has 20 heavy (non-hydrogen) atoms. The predicted molar refractivity (Wildman–Crippen MR) is 88.2 cm³/mol. The van der Waals surface area contributed by atoms with Crippen molar-refractivity contribution in [3.8, 4) is 22.6 Å². The molecular formula is C17H11IO2. The van der Waals surface area contributed by atoms with Gasteiger partial charge in [0.25, 0.3) is 0 Å². The summed E-state index contributed by atoms with van der Waals surface area (Å²) in [7, 11) is 0.